The van der Waals surface area contributed by atoms with Crippen molar-refractivity contribution in [3.8, 4) is 0 Å². The minimum atomic E-state index is -0.434. The highest BCUT2D eigenvalue weighted by atomic mass is 16.4. The molecular formula is C21H18N2O4. The Morgan fingerprint density at radius 3 is 2.59 bits per heavy atom. The molecule has 1 amide bonds. The minimum Gasteiger partial charge on any atom is -0.460 e. The van der Waals surface area contributed by atoms with Gasteiger partial charge in [-0.1, -0.05) is 12.1 Å². The number of hydrogen-bond acceptors (Lipinski definition) is 5. The Bertz CT molecular complexity index is 1250. The number of nitrogens with one attached hydrogen (secondary N) is 2. The van der Waals surface area contributed by atoms with Crippen molar-refractivity contribution < 1.29 is 13.6 Å². The largest absolute Gasteiger partial charge is 0.460 e. The molecule has 0 unspecified atom stereocenters. The van der Waals surface area contributed by atoms with Gasteiger partial charge in [0.05, 0.1) is 16.8 Å². The third-order valence-corrected chi connectivity index (χ3v) is 4.37. The summed E-state index contributed by atoms with van der Waals surface area (Å²) in [6, 6.07) is 11.1. The average Bonchev–Trinajstić information content (AvgIpc) is 3.00. The lowest BCUT2D eigenvalue weighted by Crippen LogP contribution is -2.07. The molecule has 0 aliphatic rings. The van der Waals surface area contributed by atoms with Gasteiger partial charge in [0.1, 0.15) is 6.26 Å². The molecule has 2 aromatic heterocycles. The van der Waals surface area contributed by atoms with Crippen molar-refractivity contribution in [2.24, 2.45) is 0 Å². The highest BCUT2D eigenvalue weighted by molar-refractivity contribution is 6.16. The SMILES string of the molecule is CC(=O)Nc1cc2c(C)cc(=O)oc2c2c(Nc3cccc(C)c3)coc12. The van der Waals surface area contributed by atoms with Crippen molar-refractivity contribution in [3.63, 3.8) is 0 Å². The van der Waals surface area contributed by atoms with E-state index in [1.165, 1.54) is 13.0 Å². The summed E-state index contributed by atoms with van der Waals surface area (Å²) in [6.45, 7) is 5.27. The van der Waals surface area contributed by atoms with Gasteiger partial charge in [0.25, 0.3) is 0 Å². The Balaban J connectivity index is 2.01. The van der Waals surface area contributed by atoms with Crippen LogP contribution in [0, 0.1) is 13.8 Å². The van der Waals surface area contributed by atoms with Crippen molar-refractivity contribution in [2.45, 2.75) is 20.8 Å². The Hall–Kier alpha value is -3.54. The van der Waals surface area contributed by atoms with Crippen LogP contribution in [-0.4, -0.2) is 5.91 Å². The lowest BCUT2D eigenvalue weighted by Gasteiger charge is -2.09. The van der Waals surface area contributed by atoms with Crippen molar-refractivity contribution >= 4 is 44.9 Å². The number of anilines is 3. The van der Waals surface area contributed by atoms with Gasteiger partial charge in [0.15, 0.2) is 11.2 Å². The second kappa shape index (κ2) is 6.32. The molecule has 0 aliphatic carbocycles. The summed E-state index contributed by atoms with van der Waals surface area (Å²) in [7, 11) is 0. The number of carbonyl (C=O) groups is 1. The number of amides is 1. The highest BCUT2D eigenvalue weighted by Crippen LogP contribution is 2.39. The fourth-order valence-corrected chi connectivity index (χ4v) is 3.23. The summed E-state index contributed by atoms with van der Waals surface area (Å²) < 4.78 is 11.2. The number of rotatable bonds is 3. The van der Waals surface area contributed by atoms with E-state index in [1.54, 1.807) is 12.3 Å². The maximum Gasteiger partial charge on any atom is 0.336 e. The van der Waals surface area contributed by atoms with Gasteiger partial charge >= 0.3 is 5.63 Å². The van der Waals surface area contributed by atoms with Gasteiger partial charge in [-0.05, 0) is 43.2 Å². The van der Waals surface area contributed by atoms with E-state index in [9.17, 15) is 9.59 Å². The molecule has 4 aromatic rings. The van der Waals surface area contributed by atoms with Crippen molar-refractivity contribution in [1.82, 2.24) is 0 Å². The molecule has 4 rings (SSSR count). The zero-order valence-electron chi connectivity index (χ0n) is 15.2. The first kappa shape index (κ1) is 16.9. The monoisotopic (exact) mass is 362 g/mol. The zero-order valence-corrected chi connectivity index (χ0v) is 15.2. The Morgan fingerprint density at radius 2 is 1.85 bits per heavy atom. The van der Waals surface area contributed by atoms with Gasteiger partial charge in [-0.15, -0.1) is 0 Å². The molecule has 2 heterocycles. The smallest absolute Gasteiger partial charge is 0.336 e. The minimum absolute atomic E-state index is 0.213. The van der Waals surface area contributed by atoms with Crippen molar-refractivity contribution in [3.05, 3.63) is 64.2 Å². The van der Waals surface area contributed by atoms with Crippen LogP contribution >= 0.6 is 0 Å². The maximum absolute atomic E-state index is 12.0. The summed E-state index contributed by atoms with van der Waals surface area (Å²) in [5.74, 6) is -0.213. The zero-order chi connectivity index (χ0) is 19.1. The summed E-state index contributed by atoms with van der Waals surface area (Å²) in [5, 5.41) is 7.44. The van der Waals surface area contributed by atoms with Crippen LogP contribution in [-0.2, 0) is 4.79 Å². The lowest BCUT2D eigenvalue weighted by molar-refractivity contribution is -0.114. The number of hydrogen-bond donors (Lipinski definition) is 2. The van der Waals surface area contributed by atoms with Gasteiger partial charge in [0.2, 0.25) is 5.91 Å². The number of benzene rings is 2. The molecular weight excluding hydrogens is 344 g/mol. The molecule has 6 heteroatoms. The standard InChI is InChI=1S/C21H18N2O4/c1-11-5-4-6-14(7-11)23-17-10-26-21-16(22-13(3)24)9-15-12(2)8-18(25)27-20(15)19(17)21/h4-10,23H,1-3H3,(H,22,24). The molecule has 136 valence electrons. The molecule has 27 heavy (non-hydrogen) atoms. The van der Waals surface area contributed by atoms with E-state index in [-0.39, 0.29) is 5.91 Å². The van der Waals surface area contributed by atoms with Crippen LogP contribution in [0.5, 0.6) is 0 Å². The van der Waals surface area contributed by atoms with Crippen LogP contribution in [0.1, 0.15) is 18.1 Å². The summed E-state index contributed by atoms with van der Waals surface area (Å²) in [4.78, 5) is 23.6. The predicted molar refractivity (Wildman–Crippen MR) is 106 cm³/mol. The normalized spacial score (nSPS) is 11.1. The molecule has 0 bridgehead atoms. The van der Waals surface area contributed by atoms with E-state index in [0.29, 0.717) is 27.9 Å². The highest BCUT2D eigenvalue weighted by Gasteiger charge is 2.19. The number of carbonyl (C=O) groups excluding carboxylic acids is 1. The van der Waals surface area contributed by atoms with Crippen LogP contribution in [0.25, 0.3) is 21.9 Å². The Labute approximate surface area is 154 Å². The van der Waals surface area contributed by atoms with Crippen LogP contribution in [0.4, 0.5) is 17.1 Å². The quantitative estimate of drug-likeness (QED) is 0.509. The van der Waals surface area contributed by atoms with Crippen molar-refractivity contribution in [2.75, 3.05) is 10.6 Å². The van der Waals surface area contributed by atoms with Crippen molar-refractivity contribution in [1.29, 1.82) is 0 Å². The van der Waals surface area contributed by atoms with Gasteiger partial charge < -0.3 is 19.5 Å². The van der Waals surface area contributed by atoms with E-state index in [4.69, 9.17) is 8.83 Å². The predicted octanol–water partition coefficient (Wildman–Crippen LogP) is 4.86. The Kier molecular flexibility index (Phi) is 3.96. The first-order chi connectivity index (χ1) is 12.9. The van der Waals surface area contributed by atoms with E-state index >= 15 is 0 Å². The molecule has 0 saturated heterocycles. The van der Waals surface area contributed by atoms with Crippen LogP contribution in [0.2, 0.25) is 0 Å². The molecule has 0 radical (unpaired) electrons. The summed E-state index contributed by atoms with van der Waals surface area (Å²) in [6.07, 6.45) is 1.56. The van der Waals surface area contributed by atoms with E-state index in [0.717, 1.165) is 22.2 Å². The molecule has 2 aromatic carbocycles. The number of furan rings is 1. The molecule has 0 atom stereocenters. The second-order valence-corrected chi connectivity index (χ2v) is 6.58. The Morgan fingerprint density at radius 1 is 1.04 bits per heavy atom. The molecule has 0 fully saturated rings. The summed E-state index contributed by atoms with van der Waals surface area (Å²) >= 11 is 0. The van der Waals surface area contributed by atoms with E-state index < -0.39 is 5.63 Å². The third-order valence-electron chi connectivity index (χ3n) is 4.37. The van der Waals surface area contributed by atoms with Gasteiger partial charge in [-0.2, -0.15) is 0 Å². The number of aryl methyl sites for hydroxylation is 2. The first-order valence-corrected chi connectivity index (χ1v) is 8.52. The lowest BCUT2D eigenvalue weighted by atomic mass is 10.1. The average molecular weight is 362 g/mol. The maximum atomic E-state index is 12.0. The fourth-order valence-electron chi connectivity index (χ4n) is 3.23. The van der Waals surface area contributed by atoms with Gasteiger partial charge in [-0.25, -0.2) is 4.79 Å². The van der Waals surface area contributed by atoms with Gasteiger partial charge in [-0.3, -0.25) is 4.79 Å². The molecule has 0 saturated carbocycles. The third kappa shape index (κ3) is 3.06. The number of fused-ring (bicyclic) bond motifs is 3. The molecule has 0 spiro atoms. The topological polar surface area (TPSA) is 84.5 Å². The van der Waals surface area contributed by atoms with Gasteiger partial charge in [0, 0.05) is 24.1 Å². The molecule has 0 aliphatic heterocycles. The van der Waals surface area contributed by atoms with E-state index in [1.807, 2.05) is 38.1 Å². The molecule has 6 nitrogen and oxygen atoms in total. The fraction of sp³-hybridized carbons (Fsp3) is 0.143. The van der Waals surface area contributed by atoms with Crippen LogP contribution in [0.15, 0.2) is 56.3 Å². The second-order valence-electron chi connectivity index (χ2n) is 6.58. The van der Waals surface area contributed by atoms with Crippen LogP contribution in [0.3, 0.4) is 0 Å². The summed E-state index contributed by atoms with van der Waals surface area (Å²) in [5.41, 5.74) is 4.37. The molecule has 2 N–H and O–H groups in total. The van der Waals surface area contributed by atoms with Crippen LogP contribution < -0.4 is 16.3 Å². The van der Waals surface area contributed by atoms with E-state index in [2.05, 4.69) is 10.6 Å². The first-order valence-electron chi connectivity index (χ1n) is 8.52.